The molecule has 1 heterocycles. The first kappa shape index (κ1) is 16.2. The minimum absolute atomic E-state index is 0.176. The molecule has 21 heavy (non-hydrogen) atoms. The summed E-state index contributed by atoms with van der Waals surface area (Å²) in [5, 5.41) is 11.5. The fraction of sp³-hybridized carbons (Fsp3) is 0.333. The summed E-state index contributed by atoms with van der Waals surface area (Å²) in [5.41, 5.74) is 1.75. The van der Waals surface area contributed by atoms with Gasteiger partial charge in [-0.2, -0.15) is 0 Å². The van der Waals surface area contributed by atoms with Crippen LogP contribution in [0.1, 0.15) is 36.0 Å². The van der Waals surface area contributed by atoms with Crippen molar-refractivity contribution in [3.63, 3.8) is 0 Å². The first-order chi connectivity index (χ1) is 9.94. The summed E-state index contributed by atoms with van der Waals surface area (Å²) in [5.74, 6) is 0. The van der Waals surface area contributed by atoms with Gasteiger partial charge in [0, 0.05) is 11.4 Å². The molecule has 0 aliphatic carbocycles. The number of aliphatic hydroxyl groups excluding tert-OH is 1. The summed E-state index contributed by atoms with van der Waals surface area (Å²) in [4.78, 5) is 1.21. The molecule has 1 aromatic heterocycles. The van der Waals surface area contributed by atoms with E-state index in [0.29, 0.717) is 12.1 Å². The van der Waals surface area contributed by atoms with Crippen molar-refractivity contribution in [1.29, 1.82) is 0 Å². The van der Waals surface area contributed by atoms with Crippen molar-refractivity contribution in [3.05, 3.63) is 51.7 Å². The largest absolute Gasteiger partial charge is 0.389 e. The predicted molar refractivity (Wildman–Crippen MR) is 84.8 cm³/mol. The number of nitrogens with one attached hydrogen (secondary N) is 1. The number of benzene rings is 1. The van der Waals surface area contributed by atoms with Gasteiger partial charge in [0.05, 0.1) is 11.0 Å². The highest BCUT2D eigenvalue weighted by Crippen LogP contribution is 2.20. The standard InChI is InChI=1S/C15H19NO3S2/c1-3-12-7-8-20-15(12)10-16-21(18,19)14-6-4-5-13(9-14)11(2)17/h4-9,11,16-17H,3,10H2,1-2H3. The second-order valence-electron chi connectivity index (χ2n) is 4.80. The summed E-state index contributed by atoms with van der Waals surface area (Å²) in [6.45, 7) is 3.95. The fourth-order valence-electron chi connectivity index (χ4n) is 2.02. The van der Waals surface area contributed by atoms with Crippen LogP contribution in [0, 0.1) is 0 Å². The summed E-state index contributed by atoms with van der Waals surface area (Å²) in [6, 6.07) is 8.39. The molecule has 1 unspecified atom stereocenters. The van der Waals surface area contributed by atoms with E-state index in [2.05, 4.69) is 4.72 Å². The van der Waals surface area contributed by atoms with Gasteiger partial charge in [-0.25, -0.2) is 13.1 Å². The molecule has 0 amide bonds. The van der Waals surface area contributed by atoms with Crippen LogP contribution in [0.2, 0.25) is 0 Å². The molecule has 0 aliphatic rings. The molecule has 0 saturated carbocycles. The molecule has 2 aromatic rings. The van der Waals surface area contributed by atoms with E-state index < -0.39 is 16.1 Å². The minimum atomic E-state index is -3.57. The maximum absolute atomic E-state index is 12.3. The minimum Gasteiger partial charge on any atom is -0.389 e. The molecule has 0 saturated heterocycles. The Bertz CT molecular complexity index is 705. The first-order valence-electron chi connectivity index (χ1n) is 6.77. The molecule has 2 rings (SSSR count). The summed E-state index contributed by atoms with van der Waals surface area (Å²) in [7, 11) is -3.57. The van der Waals surface area contributed by atoms with Crippen LogP contribution in [0.15, 0.2) is 40.6 Å². The van der Waals surface area contributed by atoms with Crippen LogP contribution in [0.25, 0.3) is 0 Å². The molecule has 0 radical (unpaired) electrons. The Morgan fingerprint density at radius 1 is 1.33 bits per heavy atom. The third-order valence-corrected chi connectivity index (χ3v) is 5.65. The van der Waals surface area contributed by atoms with Gasteiger partial charge in [-0.15, -0.1) is 11.3 Å². The van der Waals surface area contributed by atoms with Crippen molar-refractivity contribution in [3.8, 4) is 0 Å². The Kier molecular flexibility index (Phi) is 5.16. The van der Waals surface area contributed by atoms with E-state index in [1.54, 1.807) is 30.4 Å². The molecule has 0 aliphatic heterocycles. The Labute approximate surface area is 129 Å². The molecule has 4 nitrogen and oxygen atoms in total. The van der Waals surface area contributed by atoms with Gasteiger partial charge >= 0.3 is 0 Å². The lowest BCUT2D eigenvalue weighted by Gasteiger charge is -2.10. The van der Waals surface area contributed by atoms with Gasteiger partial charge in [0.1, 0.15) is 0 Å². The van der Waals surface area contributed by atoms with Crippen LogP contribution < -0.4 is 4.72 Å². The second kappa shape index (κ2) is 6.70. The van der Waals surface area contributed by atoms with E-state index in [0.717, 1.165) is 11.3 Å². The molecule has 0 bridgehead atoms. The molecule has 1 aromatic carbocycles. The van der Waals surface area contributed by atoms with Crippen molar-refractivity contribution >= 4 is 21.4 Å². The molecule has 0 fully saturated rings. The van der Waals surface area contributed by atoms with Crippen LogP contribution in [0.3, 0.4) is 0 Å². The van der Waals surface area contributed by atoms with Crippen molar-refractivity contribution in [1.82, 2.24) is 4.72 Å². The number of hydrogen-bond acceptors (Lipinski definition) is 4. The van der Waals surface area contributed by atoms with Gasteiger partial charge in [-0.1, -0.05) is 19.1 Å². The number of thiophene rings is 1. The lowest BCUT2D eigenvalue weighted by atomic mass is 10.1. The molecule has 1 atom stereocenters. The van der Waals surface area contributed by atoms with Gasteiger partial charge in [-0.3, -0.25) is 0 Å². The first-order valence-corrected chi connectivity index (χ1v) is 9.13. The average molecular weight is 325 g/mol. The maximum atomic E-state index is 12.3. The molecule has 6 heteroatoms. The van der Waals surface area contributed by atoms with E-state index >= 15 is 0 Å². The average Bonchev–Trinajstić information content (AvgIpc) is 2.93. The molecular formula is C15H19NO3S2. The number of aryl methyl sites for hydroxylation is 1. The quantitative estimate of drug-likeness (QED) is 0.858. The lowest BCUT2D eigenvalue weighted by Crippen LogP contribution is -2.23. The summed E-state index contributed by atoms with van der Waals surface area (Å²) < 4.78 is 27.2. The van der Waals surface area contributed by atoms with Crippen molar-refractivity contribution in [2.45, 2.75) is 37.8 Å². The van der Waals surface area contributed by atoms with Crippen LogP contribution in [-0.2, 0) is 23.0 Å². The molecule has 0 spiro atoms. The van der Waals surface area contributed by atoms with Crippen LogP contribution in [-0.4, -0.2) is 13.5 Å². The van der Waals surface area contributed by atoms with E-state index in [9.17, 15) is 13.5 Å². The summed E-state index contributed by atoms with van der Waals surface area (Å²) in [6.07, 6.45) is 0.196. The highest BCUT2D eigenvalue weighted by Gasteiger charge is 2.16. The Hall–Kier alpha value is -1.21. The van der Waals surface area contributed by atoms with E-state index in [-0.39, 0.29) is 4.90 Å². The van der Waals surface area contributed by atoms with Crippen LogP contribution in [0.5, 0.6) is 0 Å². The van der Waals surface area contributed by atoms with Crippen molar-refractivity contribution in [2.75, 3.05) is 0 Å². The maximum Gasteiger partial charge on any atom is 0.240 e. The summed E-state index contributed by atoms with van der Waals surface area (Å²) >= 11 is 1.55. The highest BCUT2D eigenvalue weighted by atomic mass is 32.2. The SMILES string of the molecule is CCc1ccsc1CNS(=O)(=O)c1cccc(C(C)O)c1. The number of hydrogen-bond donors (Lipinski definition) is 2. The second-order valence-corrected chi connectivity index (χ2v) is 7.56. The topological polar surface area (TPSA) is 66.4 Å². The Morgan fingerprint density at radius 3 is 2.76 bits per heavy atom. The van der Waals surface area contributed by atoms with Crippen LogP contribution >= 0.6 is 11.3 Å². The predicted octanol–water partition coefficient (Wildman–Crippen LogP) is 2.84. The van der Waals surface area contributed by atoms with Gasteiger partial charge in [-0.05, 0) is 48.1 Å². The van der Waals surface area contributed by atoms with Crippen molar-refractivity contribution < 1.29 is 13.5 Å². The molecule has 2 N–H and O–H groups in total. The smallest absolute Gasteiger partial charge is 0.240 e. The van der Waals surface area contributed by atoms with E-state index in [1.807, 2.05) is 18.4 Å². The van der Waals surface area contributed by atoms with Gasteiger partial charge in [0.15, 0.2) is 0 Å². The van der Waals surface area contributed by atoms with Crippen LogP contribution in [0.4, 0.5) is 0 Å². The Morgan fingerprint density at radius 2 is 2.10 bits per heavy atom. The van der Waals surface area contributed by atoms with Gasteiger partial charge in [0.25, 0.3) is 0 Å². The van der Waals surface area contributed by atoms with Crippen molar-refractivity contribution in [2.24, 2.45) is 0 Å². The highest BCUT2D eigenvalue weighted by molar-refractivity contribution is 7.89. The van der Waals surface area contributed by atoms with E-state index in [4.69, 9.17) is 0 Å². The monoisotopic (exact) mass is 325 g/mol. The molecule has 114 valence electrons. The third-order valence-electron chi connectivity index (χ3n) is 3.29. The zero-order valence-electron chi connectivity index (χ0n) is 12.0. The zero-order chi connectivity index (χ0) is 15.5. The number of sulfonamides is 1. The number of aliphatic hydroxyl groups is 1. The lowest BCUT2D eigenvalue weighted by molar-refractivity contribution is 0.199. The third kappa shape index (κ3) is 3.91. The zero-order valence-corrected chi connectivity index (χ0v) is 13.7. The Balaban J connectivity index is 2.17. The van der Waals surface area contributed by atoms with Gasteiger partial charge in [0.2, 0.25) is 10.0 Å². The van der Waals surface area contributed by atoms with Gasteiger partial charge < -0.3 is 5.11 Å². The fourth-order valence-corrected chi connectivity index (χ4v) is 4.08. The molecular weight excluding hydrogens is 306 g/mol. The van der Waals surface area contributed by atoms with E-state index in [1.165, 1.54) is 17.7 Å². The number of rotatable bonds is 6. The normalized spacial score (nSPS) is 13.3.